The van der Waals surface area contributed by atoms with Crippen molar-refractivity contribution in [2.45, 2.75) is 6.92 Å². The van der Waals surface area contributed by atoms with Crippen LogP contribution >= 0.6 is 11.5 Å². The lowest BCUT2D eigenvalue weighted by Crippen LogP contribution is -2.04. The van der Waals surface area contributed by atoms with Crippen molar-refractivity contribution in [3.63, 3.8) is 0 Å². The average Bonchev–Trinajstić information content (AvgIpc) is 2.52. The largest absolute Gasteiger partial charge is 0.461 e. The first-order valence-electron chi connectivity index (χ1n) is 3.43. The molecule has 0 aliphatic rings. The average molecular weight is 202 g/mol. The van der Waals surface area contributed by atoms with Gasteiger partial charge in [-0.05, 0) is 6.92 Å². The molecule has 1 aromatic heterocycles. The topological polar surface area (TPSA) is 82.3 Å². The van der Waals surface area contributed by atoms with Crippen molar-refractivity contribution in [3.05, 3.63) is 21.9 Å². The quantitative estimate of drug-likeness (QED) is 0.418. The predicted molar refractivity (Wildman–Crippen MR) is 44.7 cm³/mol. The molecule has 0 saturated carbocycles. The molecule has 0 radical (unpaired) electrons. The lowest BCUT2D eigenvalue weighted by Gasteiger charge is -1.94. The van der Waals surface area contributed by atoms with Gasteiger partial charge in [-0.3, -0.25) is 10.1 Å². The maximum Gasteiger partial charge on any atom is 0.358 e. The van der Waals surface area contributed by atoms with Crippen molar-refractivity contribution in [2.75, 3.05) is 6.61 Å². The molecule has 0 aliphatic heterocycles. The molecular weight excluding hydrogens is 196 g/mol. The number of nitrogens with zero attached hydrogens (tertiary/aromatic N) is 2. The minimum absolute atomic E-state index is 0.0152. The second-order valence-corrected chi connectivity index (χ2v) is 2.81. The third-order valence-electron chi connectivity index (χ3n) is 1.16. The SMILES string of the molecule is CCOC(=O)c1cc([N+](=O)[O-])sn1. The maximum absolute atomic E-state index is 11.0. The molecule has 1 aromatic rings. The fourth-order valence-electron chi connectivity index (χ4n) is 0.653. The molecule has 13 heavy (non-hydrogen) atoms. The van der Waals surface area contributed by atoms with E-state index in [1.165, 1.54) is 0 Å². The van der Waals surface area contributed by atoms with Gasteiger partial charge < -0.3 is 4.74 Å². The predicted octanol–water partition coefficient (Wildman–Crippen LogP) is 1.23. The van der Waals surface area contributed by atoms with Gasteiger partial charge in [0, 0.05) is 11.5 Å². The van der Waals surface area contributed by atoms with E-state index in [4.69, 9.17) is 0 Å². The van der Waals surface area contributed by atoms with Crippen LogP contribution in [-0.2, 0) is 4.74 Å². The highest BCUT2D eigenvalue weighted by Crippen LogP contribution is 2.18. The van der Waals surface area contributed by atoms with E-state index >= 15 is 0 Å². The molecule has 0 aromatic carbocycles. The Morgan fingerprint density at radius 3 is 3.00 bits per heavy atom. The Labute approximate surface area is 77.5 Å². The van der Waals surface area contributed by atoms with E-state index < -0.39 is 10.9 Å². The summed E-state index contributed by atoms with van der Waals surface area (Å²) < 4.78 is 8.19. The number of aromatic nitrogens is 1. The van der Waals surface area contributed by atoms with Crippen LogP contribution in [0.3, 0.4) is 0 Å². The molecule has 7 heteroatoms. The Morgan fingerprint density at radius 1 is 1.85 bits per heavy atom. The van der Waals surface area contributed by atoms with Crippen LogP contribution in [0.5, 0.6) is 0 Å². The molecule has 0 unspecified atom stereocenters. The normalized spacial score (nSPS) is 9.62. The summed E-state index contributed by atoms with van der Waals surface area (Å²) in [5, 5.41) is 10.1. The molecule has 0 N–H and O–H groups in total. The van der Waals surface area contributed by atoms with Crippen molar-refractivity contribution >= 4 is 22.5 Å². The first-order chi connectivity index (χ1) is 6.15. The van der Waals surface area contributed by atoms with Crippen LogP contribution < -0.4 is 0 Å². The van der Waals surface area contributed by atoms with E-state index in [0.29, 0.717) is 11.5 Å². The zero-order valence-corrected chi connectivity index (χ0v) is 7.54. The van der Waals surface area contributed by atoms with Crippen LogP contribution in [0.1, 0.15) is 17.4 Å². The van der Waals surface area contributed by atoms with Gasteiger partial charge in [-0.15, -0.1) is 0 Å². The Morgan fingerprint density at radius 2 is 2.54 bits per heavy atom. The zero-order chi connectivity index (χ0) is 9.84. The van der Waals surface area contributed by atoms with E-state index in [1.807, 2.05) is 0 Å². The van der Waals surface area contributed by atoms with Crippen LogP contribution in [0.2, 0.25) is 0 Å². The van der Waals surface area contributed by atoms with Crippen molar-refractivity contribution in [1.82, 2.24) is 4.37 Å². The number of esters is 1. The summed E-state index contributed by atoms with van der Waals surface area (Å²) >= 11 is 0.662. The van der Waals surface area contributed by atoms with Crippen LogP contribution in [0.15, 0.2) is 6.07 Å². The molecule has 0 fully saturated rings. The second-order valence-electron chi connectivity index (χ2n) is 2.03. The lowest BCUT2D eigenvalue weighted by molar-refractivity contribution is -0.380. The third-order valence-corrected chi connectivity index (χ3v) is 1.90. The fourth-order valence-corrected chi connectivity index (χ4v) is 1.20. The number of ether oxygens (including phenoxy) is 1. The van der Waals surface area contributed by atoms with Gasteiger partial charge in [0.15, 0.2) is 5.69 Å². The van der Waals surface area contributed by atoms with Crippen molar-refractivity contribution in [2.24, 2.45) is 0 Å². The molecule has 0 atom stereocenters. The highest BCUT2D eigenvalue weighted by molar-refractivity contribution is 7.09. The summed E-state index contributed by atoms with van der Waals surface area (Å²) in [6, 6.07) is 1.10. The molecule has 1 heterocycles. The molecule has 0 saturated heterocycles. The Hall–Kier alpha value is -1.50. The molecule has 0 aliphatic carbocycles. The Bertz CT molecular complexity index is 335. The van der Waals surface area contributed by atoms with Gasteiger partial charge in [0.05, 0.1) is 17.6 Å². The molecule has 0 spiro atoms. The smallest absolute Gasteiger partial charge is 0.358 e. The van der Waals surface area contributed by atoms with Gasteiger partial charge in [-0.2, -0.15) is 4.37 Å². The molecule has 0 bridgehead atoms. The first-order valence-corrected chi connectivity index (χ1v) is 4.20. The van der Waals surface area contributed by atoms with Crippen LogP contribution in [0.25, 0.3) is 0 Å². The van der Waals surface area contributed by atoms with Gasteiger partial charge in [0.25, 0.3) is 0 Å². The van der Waals surface area contributed by atoms with Gasteiger partial charge in [-0.1, -0.05) is 0 Å². The number of rotatable bonds is 3. The number of hydrogen-bond acceptors (Lipinski definition) is 6. The van der Waals surface area contributed by atoms with Crippen LogP contribution in [0.4, 0.5) is 5.00 Å². The molecule has 70 valence electrons. The molecular formula is C6H6N2O4S. The summed E-state index contributed by atoms with van der Waals surface area (Å²) in [7, 11) is 0. The number of nitro groups is 1. The Kier molecular flexibility index (Phi) is 2.91. The van der Waals surface area contributed by atoms with E-state index in [1.54, 1.807) is 6.92 Å². The fraction of sp³-hybridized carbons (Fsp3) is 0.333. The van der Waals surface area contributed by atoms with Crippen molar-refractivity contribution in [3.8, 4) is 0 Å². The van der Waals surface area contributed by atoms with E-state index in [2.05, 4.69) is 9.11 Å². The minimum Gasteiger partial charge on any atom is -0.461 e. The summed E-state index contributed by atoms with van der Waals surface area (Å²) in [5.74, 6) is -0.633. The lowest BCUT2D eigenvalue weighted by atomic mass is 10.4. The number of carbonyl (C=O) groups excluding carboxylic acids is 1. The highest BCUT2D eigenvalue weighted by Gasteiger charge is 2.17. The van der Waals surface area contributed by atoms with E-state index in [9.17, 15) is 14.9 Å². The number of hydrogen-bond donors (Lipinski definition) is 0. The third kappa shape index (κ3) is 2.22. The molecule has 0 amide bonds. The summed E-state index contributed by atoms with van der Waals surface area (Å²) in [6.07, 6.45) is 0. The van der Waals surface area contributed by atoms with Gasteiger partial charge in [-0.25, -0.2) is 4.79 Å². The van der Waals surface area contributed by atoms with Crippen LogP contribution in [0, 0.1) is 10.1 Å². The minimum atomic E-state index is -0.633. The molecule has 6 nitrogen and oxygen atoms in total. The number of carbonyl (C=O) groups is 1. The van der Waals surface area contributed by atoms with Crippen molar-refractivity contribution < 1.29 is 14.5 Å². The first kappa shape index (κ1) is 9.59. The van der Waals surface area contributed by atoms with Gasteiger partial charge >= 0.3 is 11.0 Å². The monoisotopic (exact) mass is 202 g/mol. The van der Waals surface area contributed by atoms with Gasteiger partial charge in [0.2, 0.25) is 0 Å². The molecule has 1 rings (SSSR count). The van der Waals surface area contributed by atoms with Gasteiger partial charge in [0.1, 0.15) is 0 Å². The zero-order valence-electron chi connectivity index (χ0n) is 6.72. The van der Waals surface area contributed by atoms with E-state index in [0.717, 1.165) is 6.07 Å². The van der Waals surface area contributed by atoms with Crippen molar-refractivity contribution in [1.29, 1.82) is 0 Å². The Balaban J connectivity index is 2.79. The summed E-state index contributed by atoms with van der Waals surface area (Å²) in [4.78, 5) is 20.6. The van der Waals surface area contributed by atoms with Crippen LogP contribution in [-0.4, -0.2) is 21.9 Å². The summed E-state index contributed by atoms with van der Waals surface area (Å²) in [6.45, 7) is 1.88. The standard InChI is InChI=1S/C6H6N2O4S/c1-2-12-6(9)4-3-5(8(10)11)13-7-4/h3H,2H2,1H3. The maximum atomic E-state index is 11.0. The highest BCUT2D eigenvalue weighted by atomic mass is 32.1. The second kappa shape index (κ2) is 3.94. The summed E-state index contributed by atoms with van der Waals surface area (Å²) in [5.41, 5.74) is -0.0152. The van der Waals surface area contributed by atoms with E-state index in [-0.39, 0.29) is 17.3 Å².